The summed E-state index contributed by atoms with van der Waals surface area (Å²) in [6.45, 7) is 0.896. The molecule has 0 aliphatic rings. The second kappa shape index (κ2) is 6.69. The van der Waals surface area contributed by atoms with Gasteiger partial charge in [-0.1, -0.05) is 24.3 Å². The van der Waals surface area contributed by atoms with Crippen molar-refractivity contribution in [1.29, 1.82) is 0 Å². The van der Waals surface area contributed by atoms with Gasteiger partial charge < -0.3 is 5.32 Å². The van der Waals surface area contributed by atoms with E-state index in [0.29, 0.717) is 13.1 Å². The normalized spacial score (nSPS) is 11.5. The smallest absolute Gasteiger partial charge is 0.350 e. The number of anilines is 1. The fourth-order valence-electron chi connectivity index (χ4n) is 2.23. The molecule has 0 aliphatic heterocycles. The van der Waals surface area contributed by atoms with Crippen LogP contribution in [-0.2, 0) is 19.3 Å². The van der Waals surface area contributed by atoms with Gasteiger partial charge in [0.05, 0.1) is 6.54 Å². The van der Waals surface area contributed by atoms with Crippen molar-refractivity contribution in [3.05, 3.63) is 71.8 Å². The maximum absolute atomic E-state index is 12.7. The minimum Gasteiger partial charge on any atom is -0.350 e. The number of halogens is 3. The van der Waals surface area contributed by atoms with Crippen molar-refractivity contribution in [2.75, 3.05) is 5.32 Å². The first-order valence-electron chi connectivity index (χ1n) is 7.21. The van der Waals surface area contributed by atoms with Gasteiger partial charge in [-0.05, 0) is 23.3 Å². The number of benzene rings is 1. The lowest BCUT2D eigenvalue weighted by atomic mass is 10.1. The van der Waals surface area contributed by atoms with Crippen LogP contribution >= 0.6 is 0 Å². The van der Waals surface area contributed by atoms with Crippen LogP contribution in [0.1, 0.15) is 16.8 Å². The third-order valence-electron chi connectivity index (χ3n) is 3.39. The average Bonchev–Trinajstić information content (AvgIpc) is 3.07. The van der Waals surface area contributed by atoms with Crippen molar-refractivity contribution in [2.45, 2.75) is 19.3 Å². The summed E-state index contributed by atoms with van der Waals surface area (Å²) in [5.74, 6) is -0.0567. The standard InChI is InChI=1S/C16H14F3N5/c17-16(18,19)14-6-8-20-15(23-14)21-10-12-4-1-2-5-13(12)11-24-9-3-7-22-24/h1-9H,10-11H2,(H,20,21,23). The van der Waals surface area contributed by atoms with Crippen LogP contribution in [0, 0.1) is 0 Å². The molecule has 0 atom stereocenters. The van der Waals surface area contributed by atoms with Gasteiger partial charge in [-0.2, -0.15) is 18.3 Å². The fraction of sp³-hybridized carbons (Fsp3) is 0.188. The SMILES string of the molecule is FC(F)(F)c1ccnc(NCc2ccccc2Cn2cccn2)n1. The molecule has 1 aromatic carbocycles. The van der Waals surface area contributed by atoms with Crippen LogP contribution in [0.25, 0.3) is 0 Å². The molecule has 0 fully saturated rings. The highest BCUT2D eigenvalue weighted by Gasteiger charge is 2.32. The predicted octanol–water partition coefficient (Wildman–Crippen LogP) is 3.35. The molecule has 3 aromatic rings. The van der Waals surface area contributed by atoms with E-state index in [1.807, 2.05) is 36.5 Å². The number of nitrogens with one attached hydrogen (secondary N) is 1. The van der Waals surface area contributed by atoms with Crippen LogP contribution in [-0.4, -0.2) is 19.7 Å². The Morgan fingerprint density at radius 3 is 2.50 bits per heavy atom. The van der Waals surface area contributed by atoms with Crippen LogP contribution in [0.15, 0.2) is 55.0 Å². The zero-order valence-electron chi connectivity index (χ0n) is 12.5. The lowest BCUT2D eigenvalue weighted by molar-refractivity contribution is -0.141. The molecule has 5 nitrogen and oxygen atoms in total. The van der Waals surface area contributed by atoms with E-state index in [0.717, 1.165) is 23.4 Å². The van der Waals surface area contributed by atoms with E-state index in [4.69, 9.17) is 0 Å². The van der Waals surface area contributed by atoms with Gasteiger partial charge in [0.1, 0.15) is 5.69 Å². The molecule has 8 heteroatoms. The molecule has 3 rings (SSSR count). The summed E-state index contributed by atoms with van der Waals surface area (Å²) in [5.41, 5.74) is 0.986. The maximum Gasteiger partial charge on any atom is 0.433 e. The topological polar surface area (TPSA) is 55.6 Å². The van der Waals surface area contributed by atoms with E-state index in [9.17, 15) is 13.2 Å². The highest BCUT2D eigenvalue weighted by Crippen LogP contribution is 2.27. The first-order chi connectivity index (χ1) is 11.5. The van der Waals surface area contributed by atoms with Crippen molar-refractivity contribution in [1.82, 2.24) is 19.7 Å². The molecular weight excluding hydrogens is 319 g/mol. The quantitative estimate of drug-likeness (QED) is 0.778. The molecule has 2 aromatic heterocycles. The Labute approximate surface area is 136 Å². The molecule has 2 heterocycles. The second-order valence-electron chi connectivity index (χ2n) is 5.09. The van der Waals surface area contributed by atoms with Crippen LogP contribution in [0.4, 0.5) is 19.1 Å². The van der Waals surface area contributed by atoms with E-state index in [2.05, 4.69) is 20.4 Å². The molecule has 124 valence electrons. The second-order valence-corrected chi connectivity index (χ2v) is 5.09. The van der Waals surface area contributed by atoms with Gasteiger partial charge in [-0.3, -0.25) is 4.68 Å². The van der Waals surface area contributed by atoms with Crippen molar-refractivity contribution in [3.8, 4) is 0 Å². The molecule has 0 aliphatic carbocycles. The van der Waals surface area contributed by atoms with E-state index < -0.39 is 11.9 Å². The van der Waals surface area contributed by atoms with Crippen LogP contribution < -0.4 is 5.32 Å². The summed E-state index contributed by atoms with van der Waals surface area (Å²) < 4.78 is 39.8. The van der Waals surface area contributed by atoms with Gasteiger partial charge in [0.2, 0.25) is 5.95 Å². The van der Waals surface area contributed by atoms with Crippen LogP contribution in [0.5, 0.6) is 0 Å². The van der Waals surface area contributed by atoms with Crippen molar-refractivity contribution in [3.63, 3.8) is 0 Å². The van der Waals surface area contributed by atoms with Gasteiger partial charge in [0, 0.05) is 25.1 Å². The summed E-state index contributed by atoms with van der Waals surface area (Å²) in [4.78, 5) is 7.33. The number of hydrogen-bond donors (Lipinski definition) is 1. The minimum atomic E-state index is -4.49. The summed E-state index contributed by atoms with van der Waals surface area (Å²) in [7, 11) is 0. The van der Waals surface area contributed by atoms with E-state index in [-0.39, 0.29) is 5.95 Å². The van der Waals surface area contributed by atoms with E-state index in [1.165, 1.54) is 0 Å². The summed E-state index contributed by atoms with van der Waals surface area (Å²) in [5, 5.41) is 7.00. The van der Waals surface area contributed by atoms with Gasteiger partial charge in [-0.25, -0.2) is 9.97 Å². The number of hydrogen-bond acceptors (Lipinski definition) is 4. The molecule has 0 amide bonds. The zero-order valence-corrected chi connectivity index (χ0v) is 12.5. The molecule has 0 bridgehead atoms. The Hall–Kier alpha value is -2.90. The van der Waals surface area contributed by atoms with Crippen LogP contribution in [0.3, 0.4) is 0 Å². The third kappa shape index (κ3) is 3.89. The molecule has 0 unspecified atom stereocenters. The Morgan fingerprint density at radius 2 is 1.79 bits per heavy atom. The first-order valence-corrected chi connectivity index (χ1v) is 7.21. The van der Waals surface area contributed by atoms with E-state index in [1.54, 1.807) is 10.9 Å². The van der Waals surface area contributed by atoms with Crippen molar-refractivity contribution in [2.24, 2.45) is 0 Å². The van der Waals surface area contributed by atoms with Gasteiger partial charge in [0.25, 0.3) is 0 Å². The number of aromatic nitrogens is 4. The molecule has 0 saturated carbocycles. The molecule has 0 spiro atoms. The number of alkyl halides is 3. The lowest BCUT2D eigenvalue weighted by Gasteiger charge is -2.12. The van der Waals surface area contributed by atoms with Crippen molar-refractivity contribution < 1.29 is 13.2 Å². The minimum absolute atomic E-state index is 0.0567. The average molecular weight is 333 g/mol. The Balaban J connectivity index is 1.73. The monoisotopic (exact) mass is 333 g/mol. The lowest BCUT2D eigenvalue weighted by Crippen LogP contribution is -2.12. The number of rotatable bonds is 5. The predicted molar refractivity (Wildman–Crippen MR) is 82.1 cm³/mol. The fourth-order valence-corrected chi connectivity index (χ4v) is 2.23. The molecular formula is C16H14F3N5. The Bertz CT molecular complexity index is 799. The summed E-state index contributed by atoms with van der Waals surface area (Å²) >= 11 is 0. The molecule has 1 N–H and O–H groups in total. The summed E-state index contributed by atoms with van der Waals surface area (Å²) in [6, 6.07) is 10.3. The highest BCUT2D eigenvalue weighted by atomic mass is 19.4. The third-order valence-corrected chi connectivity index (χ3v) is 3.39. The van der Waals surface area contributed by atoms with E-state index >= 15 is 0 Å². The molecule has 0 saturated heterocycles. The van der Waals surface area contributed by atoms with Gasteiger partial charge in [0.15, 0.2) is 0 Å². The Kier molecular flexibility index (Phi) is 4.45. The number of nitrogens with zero attached hydrogens (tertiary/aromatic N) is 4. The van der Waals surface area contributed by atoms with Gasteiger partial charge in [-0.15, -0.1) is 0 Å². The Morgan fingerprint density at radius 1 is 1.00 bits per heavy atom. The van der Waals surface area contributed by atoms with Crippen LogP contribution in [0.2, 0.25) is 0 Å². The summed E-state index contributed by atoms with van der Waals surface area (Å²) in [6.07, 6.45) is 0.142. The van der Waals surface area contributed by atoms with Gasteiger partial charge >= 0.3 is 6.18 Å². The van der Waals surface area contributed by atoms with Crippen molar-refractivity contribution >= 4 is 5.95 Å². The first kappa shape index (κ1) is 16.0. The highest BCUT2D eigenvalue weighted by molar-refractivity contribution is 5.33. The largest absolute Gasteiger partial charge is 0.433 e. The molecule has 24 heavy (non-hydrogen) atoms. The zero-order chi connectivity index (χ0) is 17.0. The molecule has 0 radical (unpaired) electrons. The maximum atomic E-state index is 12.7.